The lowest BCUT2D eigenvalue weighted by molar-refractivity contribution is 0.0183. The van der Waals surface area contributed by atoms with Crippen molar-refractivity contribution in [3.63, 3.8) is 0 Å². The number of hydrogen-bond acceptors (Lipinski definition) is 9. The molecule has 1 saturated carbocycles. The van der Waals surface area contributed by atoms with Crippen molar-refractivity contribution in [2.24, 2.45) is 5.41 Å². The van der Waals surface area contributed by atoms with Gasteiger partial charge in [-0.15, -0.1) is 0 Å². The first kappa shape index (κ1) is 25.6. The second kappa shape index (κ2) is 12.5. The van der Waals surface area contributed by atoms with Gasteiger partial charge in [0.1, 0.15) is 18.8 Å². The topological polar surface area (TPSA) is 114 Å². The van der Waals surface area contributed by atoms with Gasteiger partial charge in [0.25, 0.3) is 0 Å². The van der Waals surface area contributed by atoms with Crippen LogP contribution >= 0.6 is 11.6 Å². The Kier molecular flexibility index (Phi) is 9.10. The van der Waals surface area contributed by atoms with Crippen molar-refractivity contribution in [2.75, 3.05) is 45.4 Å². The molecule has 3 heterocycles. The predicted molar refractivity (Wildman–Crippen MR) is 133 cm³/mol. The fraction of sp³-hybridized carbons (Fsp3) is 0.600. The standard InChI is InChI=1S/C25H33ClN6O3/c1-33-11-8-28-18-2-4-19(5-3-18)32-23-12-20(21(26)14-29-23)22-13-24(31-17-30-22)35-16-25(15-27)6-9-34-10-7-25/h12-14,17-19,28H,2-11,16H2,1H3,(H,29,32). The van der Waals surface area contributed by atoms with Crippen LogP contribution in [0, 0.1) is 16.7 Å². The van der Waals surface area contributed by atoms with Crippen LogP contribution in [0.15, 0.2) is 24.7 Å². The van der Waals surface area contributed by atoms with Crippen molar-refractivity contribution in [3.8, 4) is 23.2 Å². The Labute approximate surface area is 211 Å². The summed E-state index contributed by atoms with van der Waals surface area (Å²) < 4.78 is 16.4. The normalized spacial score (nSPS) is 21.7. The predicted octanol–water partition coefficient (Wildman–Crippen LogP) is 3.85. The minimum Gasteiger partial charge on any atom is -0.476 e. The number of pyridine rings is 1. The zero-order valence-electron chi connectivity index (χ0n) is 20.1. The number of anilines is 1. The highest BCUT2D eigenvalue weighted by molar-refractivity contribution is 6.33. The van der Waals surface area contributed by atoms with Gasteiger partial charge in [0, 0.05) is 56.8 Å². The average molecular weight is 501 g/mol. The lowest BCUT2D eigenvalue weighted by atomic mass is 9.83. The molecule has 0 bridgehead atoms. The van der Waals surface area contributed by atoms with E-state index in [4.69, 9.17) is 25.8 Å². The fourth-order valence-corrected chi connectivity index (χ4v) is 4.76. The van der Waals surface area contributed by atoms with E-state index in [9.17, 15) is 5.26 Å². The van der Waals surface area contributed by atoms with Crippen LogP contribution in [0.2, 0.25) is 5.02 Å². The van der Waals surface area contributed by atoms with Crippen LogP contribution in [-0.4, -0.2) is 67.1 Å². The molecule has 0 unspecified atom stereocenters. The fourth-order valence-electron chi connectivity index (χ4n) is 4.56. The zero-order chi connectivity index (χ0) is 24.5. The molecule has 35 heavy (non-hydrogen) atoms. The Hall–Kier alpha value is -2.51. The third kappa shape index (κ3) is 7.01. The third-order valence-corrected chi connectivity index (χ3v) is 7.08. The largest absolute Gasteiger partial charge is 0.476 e. The highest BCUT2D eigenvalue weighted by atomic mass is 35.5. The summed E-state index contributed by atoms with van der Waals surface area (Å²) in [6, 6.07) is 6.99. The maximum atomic E-state index is 9.66. The van der Waals surface area contributed by atoms with Crippen LogP contribution in [0.3, 0.4) is 0 Å². The summed E-state index contributed by atoms with van der Waals surface area (Å²) in [4.78, 5) is 13.1. The summed E-state index contributed by atoms with van der Waals surface area (Å²) in [6.45, 7) is 3.03. The van der Waals surface area contributed by atoms with E-state index in [1.165, 1.54) is 6.33 Å². The molecule has 2 fully saturated rings. The molecular formula is C25H33ClN6O3. The van der Waals surface area contributed by atoms with Crippen molar-refractivity contribution in [2.45, 2.75) is 50.6 Å². The molecular weight excluding hydrogens is 468 g/mol. The summed E-state index contributed by atoms with van der Waals surface area (Å²) in [7, 11) is 1.72. The van der Waals surface area contributed by atoms with Crippen LogP contribution in [0.5, 0.6) is 5.88 Å². The Balaban J connectivity index is 1.38. The number of hydrogen-bond donors (Lipinski definition) is 2. The van der Waals surface area contributed by atoms with Gasteiger partial charge in [0.2, 0.25) is 5.88 Å². The van der Waals surface area contributed by atoms with E-state index >= 15 is 0 Å². The first-order valence-corrected chi connectivity index (χ1v) is 12.6. The smallest absolute Gasteiger partial charge is 0.216 e. The third-order valence-electron chi connectivity index (χ3n) is 6.78. The summed E-state index contributed by atoms with van der Waals surface area (Å²) in [6.07, 6.45) is 8.77. The maximum Gasteiger partial charge on any atom is 0.216 e. The number of methoxy groups -OCH3 is 1. The first-order valence-electron chi connectivity index (χ1n) is 12.2. The number of nitrogens with one attached hydrogen (secondary N) is 2. The summed E-state index contributed by atoms with van der Waals surface area (Å²) in [5, 5.41) is 17.3. The maximum absolute atomic E-state index is 9.66. The second-order valence-corrected chi connectivity index (χ2v) is 9.63. The van der Waals surface area contributed by atoms with E-state index in [2.05, 4.69) is 31.7 Å². The lowest BCUT2D eigenvalue weighted by Crippen LogP contribution is -2.38. The van der Waals surface area contributed by atoms with Crippen molar-refractivity contribution in [1.82, 2.24) is 20.3 Å². The lowest BCUT2D eigenvalue weighted by Gasteiger charge is -2.30. The molecule has 0 radical (unpaired) electrons. The van der Waals surface area contributed by atoms with E-state index in [1.807, 2.05) is 6.07 Å². The molecule has 1 aliphatic carbocycles. The van der Waals surface area contributed by atoms with E-state index in [0.717, 1.165) is 50.2 Å². The average Bonchev–Trinajstić information content (AvgIpc) is 2.90. The van der Waals surface area contributed by atoms with Crippen LogP contribution in [-0.2, 0) is 9.47 Å². The molecule has 10 heteroatoms. The Bertz CT molecular complexity index is 1000. The Morgan fingerprint density at radius 3 is 2.66 bits per heavy atom. The number of nitriles is 1. The zero-order valence-corrected chi connectivity index (χ0v) is 20.9. The molecule has 2 aliphatic rings. The van der Waals surface area contributed by atoms with Crippen molar-refractivity contribution >= 4 is 17.4 Å². The molecule has 188 valence electrons. The summed E-state index contributed by atoms with van der Waals surface area (Å²) in [5.74, 6) is 1.18. The molecule has 0 aromatic carbocycles. The summed E-state index contributed by atoms with van der Waals surface area (Å²) >= 11 is 6.48. The molecule has 2 aromatic heterocycles. The van der Waals surface area contributed by atoms with Crippen LogP contribution in [0.25, 0.3) is 11.3 Å². The molecule has 9 nitrogen and oxygen atoms in total. The quantitative estimate of drug-likeness (QED) is 0.469. The van der Waals surface area contributed by atoms with E-state index in [0.29, 0.717) is 54.7 Å². The molecule has 0 spiro atoms. The minimum absolute atomic E-state index is 0.267. The molecule has 1 aliphatic heterocycles. The van der Waals surface area contributed by atoms with Crippen molar-refractivity contribution in [3.05, 3.63) is 29.7 Å². The van der Waals surface area contributed by atoms with Gasteiger partial charge in [-0.25, -0.2) is 15.0 Å². The van der Waals surface area contributed by atoms with Gasteiger partial charge in [-0.1, -0.05) is 11.6 Å². The molecule has 0 atom stereocenters. The monoisotopic (exact) mass is 500 g/mol. The van der Waals surface area contributed by atoms with Gasteiger partial charge >= 0.3 is 0 Å². The Morgan fingerprint density at radius 1 is 1.14 bits per heavy atom. The number of halogens is 1. The highest BCUT2D eigenvalue weighted by Crippen LogP contribution is 2.33. The van der Waals surface area contributed by atoms with Crippen molar-refractivity contribution < 1.29 is 14.2 Å². The SMILES string of the molecule is COCCNC1CCC(Nc2cc(-c3cc(OCC4(C#N)CCOCC4)ncn3)c(Cl)cn2)CC1. The van der Waals surface area contributed by atoms with Gasteiger partial charge in [-0.2, -0.15) is 5.26 Å². The number of ether oxygens (including phenoxy) is 3. The second-order valence-electron chi connectivity index (χ2n) is 9.22. The van der Waals surface area contributed by atoms with Crippen LogP contribution in [0.1, 0.15) is 38.5 Å². The minimum atomic E-state index is -0.549. The number of nitrogens with zero attached hydrogens (tertiary/aromatic N) is 4. The van der Waals surface area contributed by atoms with Gasteiger partial charge in [-0.3, -0.25) is 0 Å². The van der Waals surface area contributed by atoms with Gasteiger partial charge in [-0.05, 0) is 44.6 Å². The summed E-state index contributed by atoms with van der Waals surface area (Å²) in [5.41, 5.74) is 0.856. The van der Waals surface area contributed by atoms with Gasteiger partial charge in [0.05, 0.1) is 28.8 Å². The Morgan fingerprint density at radius 2 is 1.91 bits per heavy atom. The molecule has 4 rings (SSSR count). The first-order chi connectivity index (χ1) is 17.1. The van der Waals surface area contributed by atoms with Crippen LogP contribution in [0.4, 0.5) is 5.82 Å². The van der Waals surface area contributed by atoms with E-state index < -0.39 is 5.41 Å². The number of rotatable bonds is 10. The molecule has 0 amide bonds. The van der Waals surface area contributed by atoms with E-state index in [-0.39, 0.29) is 6.61 Å². The van der Waals surface area contributed by atoms with Gasteiger partial charge in [0.15, 0.2) is 0 Å². The molecule has 2 N–H and O–H groups in total. The van der Waals surface area contributed by atoms with E-state index in [1.54, 1.807) is 19.4 Å². The van der Waals surface area contributed by atoms with Crippen LogP contribution < -0.4 is 15.4 Å². The molecule has 2 aromatic rings. The van der Waals surface area contributed by atoms with Crippen molar-refractivity contribution in [1.29, 1.82) is 5.26 Å². The van der Waals surface area contributed by atoms with Gasteiger partial charge < -0.3 is 24.8 Å². The number of aromatic nitrogens is 3. The molecule has 1 saturated heterocycles. The highest BCUT2D eigenvalue weighted by Gasteiger charge is 2.34.